The number of hydrogen-bond acceptors (Lipinski definition) is 4. The van der Waals surface area contributed by atoms with Crippen molar-refractivity contribution >= 4 is 17.5 Å². The Balaban J connectivity index is 2.02. The van der Waals surface area contributed by atoms with Gasteiger partial charge in [0.15, 0.2) is 11.6 Å². The Kier molecular flexibility index (Phi) is 3.60. The highest BCUT2D eigenvalue weighted by molar-refractivity contribution is 6.03. The van der Waals surface area contributed by atoms with Gasteiger partial charge >= 0.3 is 0 Å². The summed E-state index contributed by atoms with van der Waals surface area (Å²) in [5.41, 5.74) is 9.51. The molecule has 2 aromatic rings. The van der Waals surface area contributed by atoms with Crippen molar-refractivity contribution in [3.8, 4) is 0 Å². The second kappa shape index (κ2) is 5.55. The van der Waals surface area contributed by atoms with Gasteiger partial charge in [-0.05, 0) is 43.4 Å². The van der Waals surface area contributed by atoms with E-state index in [2.05, 4.69) is 29.4 Å². The number of fused-ring (bicyclic) bond motifs is 1. The fraction of sp³-hybridized carbons (Fsp3) is 0.381. The van der Waals surface area contributed by atoms with E-state index in [0.29, 0.717) is 12.0 Å². The number of nitrogens with zero attached hydrogens (tertiary/aromatic N) is 1. The van der Waals surface area contributed by atoms with Gasteiger partial charge in [0.05, 0.1) is 5.41 Å². The number of H-pyrrole nitrogens is 1. The molecular formula is C21H24N4O2. The number of primary amides is 1. The second-order valence-electron chi connectivity index (χ2n) is 8.56. The lowest BCUT2D eigenvalue weighted by molar-refractivity contribution is -0.118. The summed E-state index contributed by atoms with van der Waals surface area (Å²) in [6.45, 7) is 8.20. The first-order chi connectivity index (χ1) is 12.6. The molecule has 2 aliphatic rings. The van der Waals surface area contributed by atoms with E-state index in [1.165, 1.54) is 0 Å². The molecule has 0 saturated carbocycles. The number of aromatic nitrogens is 2. The predicted octanol–water partition coefficient (Wildman–Crippen LogP) is 3.19. The van der Waals surface area contributed by atoms with Gasteiger partial charge in [0.1, 0.15) is 0 Å². The average Bonchev–Trinajstić information content (AvgIpc) is 2.94. The molecule has 2 heterocycles. The number of aromatic amines is 1. The van der Waals surface area contributed by atoms with Crippen LogP contribution < -0.4 is 11.1 Å². The largest absolute Gasteiger partial charge is 0.366 e. The second-order valence-corrected chi connectivity index (χ2v) is 8.56. The van der Waals surface area contributed by atoms with Crippen LogP contribution in [-0.4, -0.2) is 21.9 Å². The third kappa shape index (κ3) is 2.51. The van der Waals surface area contributed by atoms with Crippen LogP contribution in [0, 0.1) is 12.3 Å². The lowest BCUT2D eigenvalue weighted by Gasteiger charge is -2.43. The number of nitrogens with one attached hydrogen (secondary N) is 2. The van der Waals surface area contributed by atoms with Gasteiger partial charge in [-0.15, -0.1) is 0 Å². The Labute approximate surface area is 158 Å². The van der Waals surface area contributed by atoms with Gasteiger partial charge in [-0.2, -0.15) is 5.10 Å². The van der Waals surface area contributed by atoms with Crippen LogP contribution >= 0.6 is 0 Å². The molecule has 6 nitrogen and oxygen atoms in total. The Morgan fingerprint density at radius 1 is 1.22 bits per heavy atom. The van der Waals surface area contributed by atoms with Crippen LogP contribution in [0.15, 0.2) is 35.5 Å². The van der Waals surface area contributed by atoms with E-state index in [0.717, 1.165) is 40.3 Å². The smallest absolute Gasteiger partial charge is 0.248 e. The molecule has 0 fully saturated rings. The zero-order valence-corrected chi connectivity index (χ0v) is 16.1. The lowest BCUT2D eigenvalue weighted by atomic mass is 9.61. The van der Waals surface area contributed by atoms with E-state index in [-0.39, 0.29) is 11.2 Å². The van der Waals surface area contributed by atoms with Crippen LogP contribution in [0.5, 0.6) is 0 Å². The first kappa shape index (κ1) is 17.5. The summed E-state index contributed by atoms with van der Waals surface area (Å²) in [6, 6.07) is 7.25. The van der Waals surface area contributed by atoms with Crippen molar-refractivity contribution < 1.29 is 9.59 Å². The van der Waals surface area contributed by atoms with Crippen LogP contribution in [0.2, 0.25) is 0 Å². The molecule has 6 heteroatoms. The van der Waals surface area contributed by atoms with Gasteiger partial charge < -0.3 is 11.1 Å². The number of allylic oxidation sites excluding steroid dienone is 2. The van der Waals surface area contributed by atoms with Crippen molar-refractivity contribution in [3.05, 3.63) is 57.9 Å². The zero-order chi connectivity index (χ0) is 19.6. The standard InChI is InChI=1S/C21H24N4O2/c1-11-16-19(25-24-11)23-14-9-20(2,3)10-15(26)17(14)21(16,4)13-7-5-6-12(8-13)18(22)27/h5-8H,9-10H2,1-4H3,(H2,22,27)(H2,23,24,25). The molecule has 1 aliphatic carbocycles. The van der Waals surface area contributed by atoms with Gasteiger partial charge in [0, 0.05) is 34.5 Å². The molecule has 1 atom stereocenters. The van der Waals surface area contributed by atoms with Gasteiger partial charge in [0.2, 0.25) is 5.91 Å². The molecule has 1 amide bonds. The number of anilines is 1. The monoisotopic (exact) mass is 364 g/mol. The number of amides is 1. The fourth-order valence-corrected chi connectivity index (χ4v) is 4.68. The molecule has 1 aromatic heterocycles. The van der Waals surface area contributed by atoms with Crippen LogP contribution in [0.3, 0.4) is 0 Å². The van der Waals surface area contributed by atoms with E-state index < -0.39 is 11.3 Å². The normalized spacial score (nSPS) is 23.5. The number of Topliss-reactive ketones (excluding diaryl/α,β-unsaturated/α-hetero) is 1. The van der Waals surface area contributed by atoms with Crippen LogP contribution in [-0.2, 0) is 10.2 Å². The molecule has 27 heavy (non-hydrogen) atoms. The predicted molar refractivity (Wildman–Crippen MR) is 103 cm³/mol. The summed E-state index contributed by atoms with van der Waals surface area (Å²) < 4.78 is 0. The number of ketones is 1. The lowest BCUT2D eigenvalue weighted by Crippen LogP contribution is -2.42. The Morgan fingerprint density at radius 2 is 1.96 bits per heavy atom. The molecule has 0 spiro atoms. The number of benzene rings is 1. The quantitative estimate of drug-likeness (QED) is 0.762. The van der Waals surface area contributed by atoms with Gasteiger partial charge in [0.25, 0.3) is 0 Å². The third-order valence-corrected chi connectivity index (χ3v) is 5.82. The number of carbonyl (C=O) groups excluding carboxylic acids is 2. The average molecular weight is 364 g/mol. The SMILES string of the molecule is Cc1[nH]nc2c1C(C)(c1cccc(C(N)=O)c1)C1=C(CC(C)(C)CC1=O)N2. The summed E-state index contributed by atoms with van der Waals surface area (Å²) in [5, 5.41) is 10.9. The number of rotatable bonds is 2. The highest BCUT2D eigenvalue weighted by atomic mass is 16.1. The molecule has 0 radical (unpaired) electrons. The Bertz CT molecular complexity index is 1010. The van der Waals surface area contributed by atoms with Crippen molar-refractivity contribution in [2.45, 2.75) is 46.0 Å². The maximum atomic E-state index is 13.3. The summed E-state index contributed by atoms with van der Waals surface area (Å²) in [4.78, 5) is 25.0. The molecule has 1 aromatic carbocycles. The number of nitrogens with two attached hydrogens (primary N) is 1. The molecule has 0 bridgehead atoms. The van der Waals surface area contributed by atoms with Gasteiger partial charge in [-0.1, -0.05) is 26.0 Å². The molecule has 1 aliphatic heterocycles. The molecule has 4 N–H and O–H groups in total. The van der Waals surface area contributed by atoms with Crippen molar-refractivity contribution in [2.75, 3.05) is 5.32 Å². The van der Waals surface area contributed by atoms with Gasteiger partial charge in [-0.25, -0.2) is 0 Å². The maximum absolute atomic E-state index is 13.3. The van der Waals surface area contributed by atoms with Crippen molar-refractivity contribution in [2.24, 2.45) is 11.1 Å². The van der Waals surface area contributed by atoms with E-state index >= 15 is 0 Å². The fourth-order valence-electron chi connectivity index (χ4n) is 4.68. The summed E-state index contributed by atoms with van der Waals surface area (Å²) in [7, 11) is 0. The number of carbonyl (C=O) groups is 2. The molecule has 4 rings (SSSR count). The Morgan fingerprint density at radius 3 is 2.67 bits per heavy atom. The van der Waals surface area contributed by atoms with Crippen molar-refractivity contribution in [3.63, 3.8) is 0 Å². The van der Waals surface area contributed by atoms with Crippen molar-refractivity contribution in [1.29, 1.82) is 0 Å². The molecule has 0 saturated heterocycles. The van der Waals surface area contributed by atoms with E-state index in [1.54, 1.807) is 12.1 Å². The zero-order valence-electron chi connectivity index (χ0n) is 16.1. The van der Waals surface area contributed by atoms with Crippen molar-refractivity contribution in [1.82, 2.24) is 10.2 Å². The topological polar surface area (TPSA) is 101 Å². The molecule has 1 unspecified atom stereocenters. The highest BCUT2D eigenvalue weighted by Crippen LogP contribution is 2.52. The number of aryl methyl sites for hydroxylation is 1. The minimum Gasteiger partial charge on any atom is -0.366 e. The number of hydrogen-bond donors (Lipinski definition) is 3. The summed E-state index contributed by atoms with van der Waals surface area (Å²) >= 11 is 0. The van der Waals surface area contributed by atoms with Crippen LogP contribution in [0.25, 0.3) is 0 Å². The minimum atomic E-state index is -0.702. The minimum absolute atomic E-state index is 0.109. The summed E-state index contributed by atoms with van der Waals surface area (Å²) in [5.74, 6) is 0.388. The summed E-state index contributed by atoms with van der Waals surface area (Å²) in [6.07, 6.45) is 1.26. The van der Waals surface area contributed by atoms with E-state index in [9.17, 15) is 9.59 Å². The van der Waals surface area contributed by atoms with Crippen LogP contribution in [0.1, 0.15) is 60.8 Å². The highest BCUT2D eigenvalue weighted by Gasteiger charge is 2.49. The maximum Gasteiger partial charge on any atom is 0.248 e. The molecule has 140 valence electrons. The van der Waals surface area contributed by atoms with E-state index in [1.807, 2.05) is 26.0 Å². The first-order valence-electron chi connectivity index (χ1n) is 9.13. The van der Waals surface area contributed by atoms with E-state index in [4.69, 9.17) is 5.73 Å². The third-order valence-electron chi connectivity index (χ3n) is 5.82. The van der Waals surface area contributed by atoms with Crippen LogP contribution in [0.4, 0.5) is 5.82 Å². The molecular weight excluding hydrogens is 340 g/mol. The first-order valence-corrected chi connectivity index (χ1v) is 9.13. The van der Waals surface area contributed by atoms with Gasteiger partial charge in [-0.3, -0.25) is 14.7 Å². The Hall–Kier alpha value is -2.89.